The van der Waals surface area contributed by atoms with Gasteiger partial charge in [-0.05, 0) is 5.56 Å². The molecule has 1 aromatic rings. The summed E-state index contributed by atoms with van der Waals surface area (Å²) in [6.07, 6.45) is -0.220. The van der Waals surface area contributed by atoms with E-state index in [4.69, 9.17) is 5.21 Å². The predicted molar refractivity (Wildman–Crippen MR) is 82.6 cm³/mol. The number of carbonyl (C=O) groups excluding carboxylic acids is 3. The standard InChI is InChI=1S/C16H19NO7/c1-22-14(18)12(17-21)9-11(10-7-5-4-6-8-10)13(15(19)23-2)16(20)24-3/h4-8,11,13,21H,9H2,1-3H3/b17-12+. The zero-order chi connectivity index (χ0) is 18.1. The molecule has 1 unspecified atom stereocenters. The van der Waals surface area contributed by atoms with Crippen LogP contribution in [0.25, 0.3) is 0 Å². The second-order valence-corrected chi connectivity index (χ2v) is 4.78. The molecule has 1 rings (SSSR count). The number of hydrogen-bond donors (Lipinski definition) is 1. The van der Waals surface area contributed by atoms with E-state index in [9.17, 15) is 14.4 Å². The first-order valence-electron chi connectivity index (χ1n) is 6.99. The Morgan fingerprint density at radius 2 is 1.54 bits per heavy atom. The van der Waals surface area contributed by atoms with Gasteiger partial charge >= 0.3 is 17.9 Å². The zero-order valence-electron chi connectivity index (χ0n) is 13.6. The Kier molecular flexibility index (Phi) is 7.41. The Labute approximate surface area is 139 Å². The van der Waals surface area contributed by atoms with Crippen molar-refractivity contribution in [3.8, 4) is 0 Å². The molecule has 130 valence electrons. The Hall–Kier alpha value is -2.90. The van der Waals surface area contributed by atoms with Crippen molar-refractivity contribution in [3.63, 3.8) is 0 Å². The van der Waals surface area contributed by atoms with Crippen LogP contribution in [0.4, 0.5) is 0 Å². The SMILES string of the molecule is COC(=O)/C(CC(c1ccccc1)C(C(=O)OC)C(=O)OC)=N/O. The van der Waals surface area contributed by atoms with Crippen molar-refractivity contribution in [2.45, 2.75) is 12.3 Å². The molecule has 0 aliphatic carbocycles. The molecule has 8 nitrogen and oxygen atoms in total. The molecule has 0 fully saturated rings. The summed E-state index contributed by atoms with van der Waals surface area (Å²) >= 11 is 0. The van der Waals surface area contributed by atoms with Crippen LogP contribution in [0.2, 0.25) is 0 Å². The minimum absolute atomic E-state index is 0.220. The fourth-order valence-corrected chi connectivity index (χ4v) is 2.30. The van der Waals surface area contributed by atoms with E-state index in [1.807, 2.05) is 0 Å². The Balaban J connectivity index is 3.33. The minimum Gasteiger partial charge on any atom is -0.468 e. The van der Waals surface area contributed by atoms with Crippen LogP contribution in [0.5, 0.6) is 0 Å². The lowest BCUT2D eigenvalue weighted by Crippen LogP contribution is -2.34. The molecule has 0 spiro atoms. The van der Waals surface area contributed by atoms with Gasteiger partial charge in [0.25, 0.3) is 0 Å². The number of oxime groups is 1. The van der Waals surface area contributed by atoms with Crippen molar-refractivity contribution in [2.75, 3.05) is 21.3 Å². The highest BCUT2D eigenvalue weighted by Gasteiger charge is 2.39. The number of nitrogens with zero attached hydrogens (tertiary/aromatic N) is 1. The summed E-state index contributed by atoms with van der Waals surface area (Å²) in [5.41, 5.74) is 0.243. The number of benzene rings is 1. The summed E-state index contributed by atoms with van der Waals surface area (Å²) in [5.74, 6) is -4.68. The van der Waals surface area contributed by atoms with Gasteiger partial charge in [0.05, 0.1) is 21.3 Å². The van der Waals surface area contributed by atoms with Crippen molar-refractivity contribution < 1.29 is 33.8 Å². The highest BCUT2D eigenvalue weighted by Crippen LogP contribution is 2.31. The van der Waals surface area contributed by atoms with Crippen LogP contribution in [0.15, 0.2) is 35.5 Å². The number of esters is 3. The van der Waals surface area contributed by atoms with Crippen LogP contribution in [0, 0.1) is 5.92 Å². The smallest absolute Gasteiger partial charge is 0.355 e. The van der Waals surface area contributed by atoms with Crippen LogP contribution in [-0.4, -0.2) is 50.2 Å². The summed E-state index contributed by atoms with van der Waals surface area (Å²) in [4.78, 5) is 35.9. The van der Waals surface area contributed by atoms with Crippen LogP contribution < -0.4 is 0 Å². The number of hydrogen-bond acceptors (Lipinski definition) is 8. The third kappa shape index (κ3) is 4.55. The molecule has 0 aliphatic heterocycles. The molecule has 1 aromatic carbocycles. The molecule has 0 aliphatic rings. The van der Waals surface area contributed by atoms with E-state index >= 15 is 0 Å². The lowest BCUT2D eigenvalue weighted by molar-refractivity contribution is -0.160. The van der Waals surface area contributed by atoms with Gasteiger partial charge in [0.2, 0.25) is 0 Å². The largest absolute Gasteiger partial charge is 0.468 e. The first-order chi connectivity index (χ1) is 11.5. The third-order valence-electron chi connectivity index (χ3n) is 3.50. The highest BCUT2D eigenvalue weighted by molar-refractivity contribution is 6.36. The van der Waals surface area contributed by atoms with E-state index in [0.717, 1.165) is 21.3 Å². The number of ether oxygens (including phenoxy) is 3. The molecular weight excluding hydrogens is 318 g/mol. The van der Waals surface area contributed by atoms with Gasteiger partial charge in [0.15, 0.2) is 11.6 Å². The molecule has 0 saturated carbocycles. The summed E-state index contributed by atoms with van der Waals surface area (Å²) in [5, 5.41) is 12.0. The second-order valence-electron chi connectivity index (χ2n) is 4.78. The van der Waals surface area contributed by atoms with Crippen LogP contribution in [0.1, 0.15) is 17.9 Å². The summed E-state index contributed by atoms with van der Waals surface area (Å²) in [6.45, 7) is 0. The lowest BCUT2D eigenvalue weighted by atomic mass is 9.82. The molecule has 24 heavy (non-hydrogen) atoms. The van der Waals surface area contributed by atoms with Crippen molar-refractivity contribution in [1.82, 2.24) is 0 Å². The number of carbonyl (C=O) groups is 3. The second kappa shape index (κ2) is 9.29. The maximum atomic E-state index is 12.1. The van der Waals surface area contributed by atoms with Gasteiger partial charge in [-0.15, -0.1) is 0 Å². The lowest BCUT2D eigenvalue weighted by Gasteiger charge is -2.23. The molecule has 1 atom stereocenters. The molecule has 1 N–H and O–H groups in total. The average molecular weight is 337 g/mol. The highest BCUT2D eigenvalue weighted by atomic mass is 16.5. The maximum absolute atomic E-state index is 12.1. The van der Waals surface area contributed by atoms with Crippen molar-refractivity contribution in [3.05, 3.63) is 35.9 Å². The molecule has 0 saturated heterocycles. The summed E-state index contributed by atoms with van der Waals surface area (Å²) in [7, 11) is 3.41. The number of rotatable bonds is 7. The van der Waals surface area contributed by atoms with E-state index in [1.165, 1.54) is 0 Å². The molecule has 0 aromatic heterocycles. The molecule has 0 radical (unpaired) electrons. The van der Waals surface area contributed by atoms with E-state index in [-0.39, 0.29) is 12.1 Å². The summed E-state index contributed by atoms with van der Waals surface area (Å²) < 4.78 is 13.9. The van der Waals surface area contributed by atoms with Gasteiger partial charge in [-0.3, -0.25) is 9.59 Å². The quantitative estimate of drug-likeness (QED) is 0.198. The average Bonchev–Trinajstić information content (AvgIpc) is 2.64. The van der Waals surface area contributed by atoms with E-state index in [2.05, 4.69) is 19.4 Å². The Morgan fingerprint density at radius 1 is 1.00 bits per heavy atom. The first kappa shape index (κ1) is 19.1. The molecule has 0 amide bonds. The van der Waals surface area contributed by atoms with E-state index in [1.54, 1.807) is 30.3 Å². The maximum Gasteiger partial charge on any atom is 0.355 e. The molecule has 8 heteroatoms. The summed E-state index contributed by atoms with van der Waals surface area (Å²) in [6, 6.07) is 8.53. The monoisotopic (exact) mass is 337 g/mol. The fraction of sp³-hybridized carbons (Fsp3) is 0.375. The molecule has 0 heterocycles. The normalized spacial score (nSPS) is 12.4. The van der Waals surface area contributed by atoms with Crippen LogP contribution in [0.3, 0.4) is 0 Å². The first-order valence-corrected chi connectivity index (χ1v) is 6.99. The van der Waals surface area contributed by atoms with Gasteiger partial charge in [-0.25, -0.2) is 4.79 Å². The predicted octanol–water partition coefficient (Wildman–Crippen LogP) is 1.13. The number of methoxy groups -OCH3 is 3. The van der Waals surface area contributed by atoms with Crippen LogP contribution >= 0.6 is 0 Å². The topological polar surface area (TPSA) is 111 Å². The van der Waals surface area contributed by atoms with E-state index < -0.39 is 29.7 Å². The fourth-order valence-electron chi connectivity index (χ4n) is 2.30. The molecule has 0 bridgehead atoms. The van der Waals surface area contributed by atoms with Gasteiger partial charge in [-0.1, -0.05) is 35.5 Å². The van der Waals surface area contributed by atoms with Crippen molar-refractivity contribution in [1.29, 1.82) is 0 Å². The van der Waals surface area contributed by atoms with E-state index in [0.29, 0.717) is 5.56 Å². The van der Waals surface area contributed by atoms with Gasteiger partial charge in [0, 0.05) is 12.3 Å². The van der Waals surface area contributed by atoms with Gasteiger partial charge in [0.1, 0.15) is 0 Å². The van der Waals surface area contributed by atoms with Crippen LogP contribution in [-0.2, 0) is 28.6 Å². The Morgan fingerprint density at radius 3 is 1.96 bits per heavy atom. The third-order valence-corrected chi connectivity index (χ3v) is 3.50. The zero-order valence-corrected chi connectivity index (χ0v) is 13.6. The van der Waals surface area contributed by atoms with Gasteiger partial charge < -0.3 is 19.4 Å². The minimum atomic E-state index is -1.33. The Bertz CT molecular complexity index is 596. The van der Waals surface area contributed by atoms with Crippen molar-refractivity contribution >= 4 is 23.6 Å². The molecular formula is C16H19NO7. The van der Waals surface area contributed by atoms with Crippen molar-refractivity contribution in [2.24, 2.45) is 11.1 Å². The van der Waals surface area contributed by atoms with Gasteiger partial charge in [-0.2, -0.15) is 0 Å².